The second-order valence-corrected chi connectivity index (χ2v) is 11.3. The third-order valence-corrected chi connectivity index (χ3v) is 8.14. The minimum atomic E-state index is -0.224. The molecule has 4 heterocycles. The van der Waals surface area contributed by atoms with Crippen LogP contribution < -0.4 is 25.0 Å². The van der Waals surface area contributed by atoms with Gasteiger partial charge in [0.1, 0.15) is 0 Å². The van der Waals surface area contributed by atoms with Gasteiger partial charge in [0.2, 0.25) is 12.7 Å². The number of carbonyl (C=O) groups excluding carboxylic acids is 1. The number of ether oxygens (including phenoxy) is 2. The highest BCUT2D eigenvalue weighted by molar-refractivity contribution is 7.80. The molecule has 1 amide bonds. The molecule has 2 N–H and O–H groups in total. The van der Waals surface area contributed by atoms with Gasteiger partial charge >= 0.3 is 0 Å². The van der Waals surface area contributed by atoms with Crippen LogP contribution >= 0.6 is 23.8 Å². The number of halogens is 1. The third-order valence-electron chi connectivity index (χ3n) is 7.51. The summed E-state index contributed by atoms with van der Waals surface area (Å²) in [5.74, 6) is 1.22. The molecule has 0 radical (unpaired) electrons. The van der Waals surface area contributed by atoms with Gasteiger partial charge in [0, 0.05) is 40.9 Å². The van der Waals surface area contributed by atoms with E-state index in [4.69, 9.17) is 33.3 Å². The van der Waals surface area contributed by atoms with E-state index in [9.17, 15) is 4.79 Å². The van der Waals surface area contributed by atoms with Crippen LogP contribution in [0.15, 0.2) is 66.9 Å². The first-order chi connectivity index (χ1) is 19.7. The molecule has 0 spiro atoms. The number of benzene rings is 2. The Morgan fingerprint density at radius 3 is 2.59 bits per heavy atom. The van der Waals surface area contributed by atoms with Crippen LogP contribution in [0.3, 0.4) is 0 Å². The van der Waals surface area contributed by atoms with Crippen molar-refractivity contribution in [1.82, 2.24) is 14.9 Å². The molecular formula is C31H30ClN5O3S. The Bertz CT molecular complexity index is 1660. The van der Waals surface area contributed by atoms with Crippen molar-refractivity contribution in [3.05, 3.63) is 94.5 Å². The molecule has 0 saturated carbocycles. The van der Waals surface area contributed by atoms with Crippen LogP contribution in [0.5, 0.6) is 11.5 Å². The summed E-state index contributed by atoms with van der Waals surface area (Å²) in [6.45, 7) is 8.11. The van der Waals surface area contributed by atoms with Gasteiger partial charge in [-0.05, 0) is 80.2 Å². The quantitative estimate of drug-likeness (QED) is 0.245. The van der Waals surface area contributed by atoms with Crippen molar-refractivity contribution < 1.29 is 14.3 Å². The van der Waals surface area contributed by atoms with Crippen LogP contribution in [-0.2, 0) is 4.79 Å². The molecule has 1 fully saturated rings. The van der Waals surface area contributed by atoms with Crippen LogP contribution in [0.1, 0.15) is 48.6 Å². The third kappa shape index (κ3) is 4.89. The summed E-state index contributed by atoms with van der Waals surface area (Å²) < 4.78 is 13.4. The number of hydrogen-bond donors (Lipinski definition) is 2. The number of fused-ring (bicyclic) bond motifs is 1. The van der Waals surface area contributed by atoms with E-state index in [1.165, 1.54) is 0 Å². The van der Waals surface area contributed by atoms with Gasteiger partial charge in [-0.3, -0.25) is 9.78 Å². The number of carbonyl (C=O) groups is 1. The van der Waals surface area contributed by atoms with Crippen molar-refractivity contribution >= 4 is 46.2 Å². The van der Waals surface area contributed by atoms with Crippen LogP contribution in [0.4, 0.5) is 11.4 Å². The van der Waals surface area contributed by atoms with E-state index >= 15 is 0 Å². The molecule has 2 aromatic carbocycles. The van der Waals surface area contributed by atoms with E-state index in [0.717, 1.165) is 45.5 Å². The summed E-state index contributed by atoms with van der Waals surface area (Å²) in [7, 11) is 0. The standard InChI is InChI=1S/C31H30ClN5O3S/c1-17(2)30(38)34-24-10-8-20(14-23(24)32)37-29(28(35-31(37)41)25-7-5-6-12-33-25)22-13-18(3)36(19(22)4)21-9-11-26-27(15-21)40-16-39-26/h5-15,17,28-29H,16H2,1-4H3,(H,34,38)(H,35,41)/t28-,29-/m1/s1. The maximum Gasteiger partial charge on any atom is 0.231 e. The number of hydrogen-bond acceptors (Lipinski definition) is 5. The summed E-state index contributed by atoms with van der Waals surface area (Å²) in [5.41, 5.74) is 6.46. The lowest BCUT2D eigenvalue weighted by Crippen LogP contribution is -2.29. The number of rotatable bonds is 6. The fourth-order valence-corrected chi connectivity index (χ4v) is 6.06. The summed E-state index contributed by atoms with van der Waals surface area (Å²) in [4.78, 5) is 19.1. The molecule has 0 aliphatic carbocycles. The van der Waals surface area contributed by atoms with Crippen molar-refractivity contribution in [3.63, 3.8) is 0 Å². The molecule has 2 atom stereocenters. The van der Waals surface area contributed by atoms with Crippen molar-refractivity contribution in [2.75, 3.05) is 17.0 Å². The fraction of sp³-hybridized carbons (Fsp3) is 0.258. The van der Waals surface area contributed by atoms with Crippen molar-refractivity contribution in [1.29, 1.82) is 0 Å². The van der Waals surface area contributed by atoms with Crippen LogP contribution in [0.25, 0.3) is 5.69 Å². The SMILES string of the molecule is Cc1cc([C@@H]2[C@@H](c3ccccn3)NC(=S)N2c2ccc(NC(=O)C(C)C)c(Cl)c2)c(C)n1-c1ccc2c(c1)OCO2. The van der Waals surface area contributed by atoms with Gasteiger partial charge in [-0.25, -0.2) is 0 Å². The summed E-state index contributed by atoms with van der Waals surface area (Å²) in [6.07, 6.45) is 1.79. The van der Waals surface area contributed by atoms with Crippen LogP contribution in [0.2, 0.25) is 5.02 Å². The minimum Gasteiger partial charge on any atom is -0.454 e. The normalized spacial score (nSPS) is 17.7. The zero-order valence-corrected chi connectivity index (χ0v) is 24.7. The smallest absolute Gasteiger partial charge is 0.231 e. The summed E-state index contributed by atoms with van der Waals surface area (Å²) in [6, 6.07) is 19.2. The Kier molecular flexibility index (Phi) is 7.09. The Balaban J connectivity index is 1.44. The predicted octanol–water partition coefficient (Wildman–Crippen LogP) is 6.64. The summed E-state index contributed by atoms with van der Waals surface area (Å²) in [5, 5.41) is 7.41. The Morgan fingerprint density at radius 1 is 1.07 bits per heavy atom. The molecule has 2 aromatic heterocycles. The van der Waals surface area contributed by atoms with E-state index < -0.39 is 0 Å². The molecule has 8 nitrogen and oxygen atoms in total. The lowest BCUT2D eigenvalue weighted by Gasteiger charge is -2.28. The molecule has 4 aromatic rings. The molecule has 1 saturated heterocycles. The topological polar surface area (TPSA) is 80.7 Å². The number of aryl methyl sites for hydroxylation is 1. The minimum absolute atomic E-state index is 0.0953. The van der Waals surface area contributed by atoms with Crippen molar-refractivity contribution in [2.45, 2.75) is 39.8 Å². The van der Waals surface area contributed by atoms with Gasteiger partial charge in [-0.2, -0.15) is 0 Å². The Morgan fingerprint density at radius 2 is 1.85 bits per heavy atom. The second-order valence-electron chi connectivity index (χ2n) is 10.5. The zero-order valence-electron chi connectivity index (χ0n) is 23.1. The van der Waals surface area contributed by atoms with Crippen LogP contribution in [-0.4, -0.2) is 27.4 Å². The molecule has 10 heteroatoms. The van der Waals surface area contributed by atoms with Gasteiger partial charge in [0.05, 0.1) is 28.5 Å². The van der Waals surface area contributed by atoms with Gasteiger partial charge in [0.15, 0.2) is 16.6 Å². The van der Waals surface area contributed by atoms with E-state index in [2.05, 4.69) is 45.0 Å². The first-order valence-corrected chi connectivity index (χ1v) is 14.2. The first-order valence-electron chi connectivity index (χ1n) is 13.4. The van der Waals surface area contributed by atoms with Crippen molar-refractivity contribution in [3.8, 4) is 17.2 Å². The maximum atomic E-state index is 12.3. The molecule has 0 unspecified atom stereocenters. The number of nitrogens with one attached hydrogen (secondary N) is 2. The lowest BCUT2D eigenvalue weighted by molar-refractivity contribution is -0.118. The molecule has 2 aliphatic rings. The molecule has 41 heavy (non-hydrogen) atoms. The average molecular weight is 588 g/mol. The second kappa shape index (κ2) is 10.7. The summed E-state index contributed by atoms with van der Waals surface area (Å²) >= 11 is 12.6. The van der Waals surface area contributed by atoms with Gasteiger partial charge in [-0.15, -0.1) is 0 Å². The number of anilines is 2. The largest absolute Gasteiger partial charge is 0.454 e. The van der Waals surface area contributed by atoms with Gasteiger partial charge < -0.3 is 29.6 Å². The highest BCUT2D eigenvalue weighted by atomic mass is 35.5. The number of nitrogens with zero attached hydrogens (tertiary/aromatic N) is 3. The fourth-order valence-electron chi connectivity index (χ4n) is 5.49. The zero-order chi connectivity index (χ0) is 28.8. The van der Waals surface area contributed by atoms with Crippen LogP contribution in [0, 0.1) is 19.8 Å². The van der Waals surface area contributed by atoms with Gasteiger partial charge in [-0.1, -0.05) is 31.5 Å². The highest BCUT2D eigenvalue weighted by Gasteiger charge is 2.42. The molecule has 2 aliphatic heterocycles. The average Bonchev–Trinajstić information content (AvgIpc) is 3.64. The Hall–Kier alpha value is -4.08. The molecular weight excluding hydrogens is 558 g/mol. The molecule has 0 bridgehead atoms. The van der Waals surface area contributed by atoms with Crippen molar-refractivity contribution in [2.24, 2.45) is 5.92 Å². The number of amides is 1. The van der Waals surface area contributed by atoms with E-state index in [1.54, 1.807) is 6.20 Å². The number of thiocarbonyl (C=S) groups is 1. The molecule has 6 rings (SSSR count). The monoisotopic (exact) mass is 587 g/mol. The van der Waals surface area contributed by atoms with E-state index in [1.807, 2.05) is 68.4 Å². The highest BCUT2D eigenvalue weighted by Crippen LogP contribution is 2.45. The number of pyridine rings is 1. The predicted molar refractivity (Wildman–Crippen MR) is 164 cm³/mol. The molecule has 210 valence electrons. The Labute approximate surface area is 249 Å². The first kappa shape index (κ1) is 27.1. The maximum absolute atomic E-state index is 12.3. The number of aromatic nitrogens is 2. The van der Waals surface area contributed by atoms with Gasteiger partial charge in [0.25, 0.3) is 0 Å². The van der Waals surface area contributed by atoms with E-state index in [0.29, 0.717) is 15.8 Å². The van der Waals surface area contributed by atoms with E-state index in [-0.39, 0.29) is 30.7 Å². The lowest BCUT2D eigenvalue weighted by atomic mass is 9.96.